The molecule has 10 heavy (non-hydrogen) atoms. The maximum Gasteiger partial charge on any atom is 0.0151 e. The molecule has 0 aromatic carbocycles. The van der Waals surface area contributed by atoms with Crippen molar-refractivity contribution in [2.24, 2.45) is 11.7 Å². The van der Waals surface area contributed by atoms with Crippen molar-refractivity contribution < 1.29 is 5.48 Å². The lowest BCUT2D eigenvalue weighted by atomic mass is 9.76. The van der Waals surface area contributed by atoms with Crippen LogP contribution in [0.4, 0.5) is 0 Å². The molecule has 0 aromatic heterocycles. The predicted molar refractivity (Wildman–Crippen MR) is 43.8 cm³/mol. The van der Waals surface area contributed by atoms with E-state index < -0.39 is 0 Å². The van der Waals surface area contributed by atoms with E-state index in [0.717, 1.165) is 5.92 Å². The molecule has 0 heterocycles. The lowest BCUT2D eigenvalue weighted by molar-refractivity contribution is 0.226. The van der Waals surface area contributed by atoms with Crippen LogP contribution in [0.5, 0.6) is 0 Å². The third-order valence-corrected chi connectivity index (χ3v) is 2.73. The third kappa shape index (κ3) is 1.96. The fourth-order valence-corrected chi connectivity index (χ4v) is 1.53. The summed E-state index contributed by atoms with van der Waals surface area (Å²) >= 11 is 0. The van der Waals surface area contributed by atoms with Crippen LogP contribution >= 0.6 is 0 Å². The highest BCUT2D eigenvalue weighted by atomic mass is 16.0. The molecule has 0 amide bonds. The molecule has 0 saturated heterocycles. The Labute approximate surface area is 63.1 Å². The minimum Gasteiger partial charge on any atom is -0.412 e. The molecule has 0 radical (unpaired) electrons. The molecule has 1 saturated carbocycles. The van der Waals surface area contributed by atoms with Gasteiger partial charge in [-0.3, -0.25) is 0 Å². The monoisotopic (exact) mass is 145 g/mol. The molecule has 2 heteroatoms. The Hall–Kier alpha value is -0.0800. The smallest absolute Gasteiger partial charge is 0.0151 e. The molecule has 1 aliphatic rings. The molecule has 2 atom stereocenters. The van der Waals surface area contributed by atoms with Gasteiger partial charge in [-0.25, -0.2) is 0 Å². The van der Waals surface area contributed by atoms with E-state index in [1.54, 1.807) is 0 Å². The van der Waals surface area contributed by atoms with Crippen LogP contribution in [-0.4, -0.2) is 11.0 Å². The Kier molecular flexibility index (Phi) is 3.33. The van der Waals surface area contributed by atoms with Crippen LogP contribution in [-0.2, 0) is 0 Å². The Morgan fingerprint density at radius 1 is 1.40 bits per heavy atom. The van der Waals surface area contributed by atoms with Gasteiger partial charge in [-0.2, -0.15) is 0 Å². The molecule has 62 valence electrons. The Morgan fingerprint density at radius 2 is 2.00 bits per heavy atom. The first kappa shape index (κ1) is 9.92. The van der Waals surface area contributed by atoms with E-state index in [1.165, 1.54) is 25.7 Å². The van der Waals surface area contributed by atoms with Crippen molar-refractivity contribution in [2.45, 2.75) is 45.1 Å². The van der Waals surface area contributed by atoms with Crippen molar-refractivity contribution in [3.8, 4) is 0 Å². The van der Waals surface area contributed by atoms with Crippen LogP contribution in [0, 0.1) is 5.92 Å². The van der Waals surface area contributed by atoms with Gasteiger partial charge in [0.05, 0.1) is 0 Å². The van der Waals surface area contributed by atoms with Gasteiger partial charge in [-0.1, -0.05) is 19.8 Å². The summed E-state index contributed by atoms with van der Waals surface area (Å²) in [5.41, 5.74) is 6.16. The van der Waals surface area contributed by atoms with Crippen LogP contribution < -0.4 is 5.73 Å². The summed E-state index contributed by atoms with van der Waals surface area (Å²) < 4.78 is 0. The summed E-state index contributed by atoms with van der Waals surface area (Å²) in [7, 11) is 0. The quantitative estimate of drug-likeness (QED) is 0.545. The average Bonchev–Trinajstić information content (AvgIpc) is 1.77. The SMILES string of the molecule is CC1CCCCC1(C)N.O. The third-order valence-electron chi connectivity index (χ3n) is 2.73. The lowest BCUT2D eigenvalue weighted by Crippen LogP contribution is -2.44. The molecule has 4 N–H and O–H groups in total. The summed E-state index contributed by atoms with van der Waals surface area (Å²) in [4.78, 5) is 0. The maximum absolute atomic E-state index is 6.02. The Bertz CT molecular complexity index is 101. The number of nitrogens with two attached hydrogens (primary N) is 1. The molecule has 1 aliphatic carbocycles. The predicted octanol–water partition coefficient (Wildman–Crippen LogP) is 1.09. The molecular weight excluding hydrogens is 126 g/mol. The van der Waals surface area contributed by atoms with Crippen LogP contribution in [0.2, 0.25) is 0 Å². The fraction of sp³-hybridized carbons (Fsp3) is 1.00. The molecule has 0 bridgehead atoms. The summed E-state index contributed by atoms with van der Waals surface area (Å²) in [5.74, 6) is 0.728. The maximum atomic E-state index is 6.02. The van der Waals surface area contributed by atoms with Crippen LogP contribution in [0.1, 0.15) is 39.5 Å². The zero-order valence-electron chi connectivity index (χ0n) is 6.98. The topological polar surface area (TPSA) is 57.5 Å². The molecule has 1 fully saturated rings. The molecule has 1 rings (SSSR count). The summed E-state index contributed by atoms with van der Waals surface area (Å²) in [6, 6.07) is 0. The molecule has 0 aromatic rings. The highest BCUT2D eigenvalue weighted by molar-refractivity contribution is 4.87. The molecule has 2 nitrogen and oxygen atoms in total. The zero-order chi connectivity index (χ0) is 6.91. The number of rotatable bonds is 0. The number of hydrogen-bond donors (Lipinski definition) is 1. The molecule has 2 unspecified atom stereocenters. The van der Waals surface area contributed by atoms with E-state index in [9.17, 15) is 0 Å². The van der Waals surface area contributed by atoms with Crippen LogP contribution in [0.3, 0.4) is 0 Å². The number of hydrogen-bond acceptors (Lipinski definition) is 1. The van der Waals surface area contributed by atoms with Gasteiger partial charge in [-0.15, -0.1) is 0 Å². The fourth-order valence-electron chi connectivity index (χ4n) is 1.53. The van der Waals surface area contributed by atoms with Crippen LogP contribution in [0.25, 0.3) is 0 Å². The van der Waals surface area contributed by atoms with Crippen LogP contribution in [0.15, 0.2) is 0 Å². The second kappa shape index (κ2) is 3.35. The van der Waals surface area contributed by atoms with Gasteiger partial charge in [0.1, 0.15) is 0 Å². The largest absolute Gasteiger partial charge is 0.412 e. The van der Waals surface area contributed by atoms with Crippen molar-refractivity contribution >= 4 is 0 Å². The van der Waals surface area contributed by atoms with E-state index >= 15 is 0 Å². The van der Waals surface area contributed by atoms with Gasteiger partial charge in [0.2, 0.25) is 0 Å². The lowest BCUT2D eigenvalue weighted by Gasteiger charge is -2.35. The van der Waals surface area contributed by atoms with Crippen molar-refractivity contribution in [1.29, 1.82) is 0 Å². The van der Waals surface area contributed by atoms with Crippen molar-refractivity contribution in [1.82, 2.24) is 0 Å². The van der Waals surface area contributed by atoms with Gasteiger partial charge < -0.3 is 11.2 Å². The second-order valence-corrected chi connectivity index (χ2v) is 3.65. The van der Waals surface area contributed by atoms with E-state index in [2.05, 4.69) is 13.8 Å². The van der Waals surface area contributed by atoms with E-state index in [4.69, 9.17) is 5.73 Å². The average molecular weight is 145 g/mol. The summed E-state index contributed by atoms with van der Waals surface area (Å²) in [5, 5.41) is 0. The normalized spacial score (nSPS) is 40.5. The van der Waals surface area contributed by atoms with E-state index in [1.807, 2.05) is 0 Å². The summed E-state index contributed by atoms with van der Waals surface area (Å²) in [6.45, 7) is 4.44. The van der Waals surface area contributed by atoms with Crippen molar-refractivity contribution in [3.63, 3.8) is 0 Å². The minimum atomic E-state index is 0. The molecule has 0 spiro atoms. The Morgan fingerprint density at radius 3 is 2.30 bits per heavy atom. The first-order chi connectivity index (χ1) is 4.13. The molecule has 0 aliphatic heterocycles. The summed E-state index contributed by atoms with van der Waals surface area (Å²) in [6.07, 6.45) is 5.26. The van der Waals surface area contributed by atoms with Gasteiger partial charge in [0.15, 0.2) is 0 Å². The zero-order valence-corrected chi connectivity index (χ0v) is 6.98. The van der Waals surface area contributed by atoms with Gasteiger partial charge >= 0.3 is 0 Å². The van der Waals surface area contributed by atoms with E-state index in [0.29, 0.717) is 0 Å². The highest BCUT2D eigenvalue weighted by Gasteiger charge is 2.28. The van der Waals surface area contributed by atoms with Gasteiger partial charge in [0.25, 0.3) is 0 Å². The first-order valence-electron chi connectivity index (χ1n) is 3.92. The minimum absolute atomic E-state index is 0. The van der Waals surface area contributed by atoms with Crippen molar-refractivity contribution in [3.05, 3.63) is 0 Å². The van der Waals surface area contributed by atoms with Gasteiger partial charge in [0, 0.05) is 5.54 Å². The van der Waals surface area contributed by atoms with Gasteiger partial charge in [-0.05, 0) is 25.7 Å². The molecular formula is C8H19NO. The van der Waals surface area contributed by atoms with E-state index in [-0.39, 0.29) is 11.0 Å². The highest BCUT2D eigenvalue weighted by Crippen LogP contribution is 2.30. The first-order valence-corrected chi connectivity index (χ1v) is 3.92. The Balaban J connectivity index is 0.000000810. The van der Waals surface area contributed by atoms with Crippen molar-refractivity contribution in [2.75, 3.05) is 0 Å². The second-order valence-electron chi connectivity index (χ2n) is 3.65. The standard InChI is InChI=1S/C8H17N.H2O/c1-7-5-3-4-6-8(7,2)9;/h7H,3-6,9H2,1-2H3;1H2.